The van der Waals surface area contributed by atoms with Crippen LogP contribution in [0.2, 0.25) is 0 Å². The third-order valence-corrected chi connectivity index (χ3v) is 2.10. The largest absolute Gasteiger partial charge is 0.428 e. The van der Waals surface area contributed by atoms with Gasteiger partial charge in [-0.25, -0.2) is 0 Å². The van der Waals surface area contributed by atoms with E-state index in [1.165, 1.54) is 5.56 Å². The van der Waals surface area contributed by atoms with E-state index in [0.29, 0.717) is 12.2 Å². The van der Waals surface area contributed by atoms with Gasteiger partial charge >= 0.3 is 0 Å². The molecule has 70 valence electrons. The lowest BCUT2D eigenvalue weighted by Crippen LogP contribution is -1.95. The average Bonchev–Trinajstić information content (AvgIpc) is 2.18. The molecule has 0 aliphatic heterocycles. The van der Waals surface area contributed by atoms with E-state index in [1.54, 1.807) is 0 Å². The van der Waals surface area contributed by atoms with Crippen molar-refractivity contribution in [2.24, 2.45) is 0 Å². The summed E-state index contributed by atoms with van der Waals surface area (Å²) >= 11 is 0. The summed E-state index contributed by atoms with van der Waals surface area (Å²) in [6.07, 6.45) is 1.84. The van der Waals surface area contributed by atoms with Crippen LogP contribution in [0.25, 0.3) is 0 Å². The first-order valence-corrected chi connectivity index (χ1v) is 4.53. The van der Waals surface area contributed by atoms with E-state index in [4.69, 9.17) is 4.74 Å². The highest BCUT2D eigenvalue weighted by Gasteiger charge is 2.02. The van der Waals surface area contributed by atoms with Crippen molar-refractivity contribution in [2.45, 2.75) is 26.7 Å². The first-order chi connectivity index (χ1) is 6.31. The van der Waals surface area contributed by atoms with E-state index in [0.717, 1.165) is 18.4 Å². The number of hydrogen-bond donors (Lipinski definition) is 0. The number of aryl methyl sites for hydroxylation is 2. The predicted molar refractivity (Wildman–Crippen MR) is 51.9 cm³/mol. The lowest BCUT2D eigenvalue weighted by atomic mass is 10.1. The molecule has 0 saturated carbocycles. The molecule has 1 rings (SSSR count). The van der Waals surface area contributed by atoms with Gasteiger partial charge < -0.3 is 4.74 Å². The fraction of sp³-hybridized carbons (Fsp3) is 0.364. The molecule has 0 radical (unpaired) electrons. The Morgan fingerprint density at radius 1 is 1.31 bits per heavy atom. The summed E-state index contributed by atoms with van der Waals surface area (Å²) in [5.74, 6) is 0.692. The van der Waals surface area contributed by atoms with Gasteiger partial charge in [-0.1, -0.05) is 26.0 Å². The van der Waals surface area contributed by atoms with Crippen LogP contribution in [0.4, 0.5) is 0 Å². The Labute approximate surface area is 78.5 Å². The molecule has 13 heavy (non-hydrogen) atoms. The molecule has 2 nitrogen and oxygen atoms in total. The third kappa shape index (κ3) is 2.31. The van der Waals surface area contributed by atoms with Gasteiger partial charge in [-0.3, -0.25) is 4.79 Å². The van der Waals surface area contributed by atoms with E-state index in [-0.39, 0.29) is 0 Å². The van der Waals surface area contributed by atoms with Gasteiger partial charge in [0.1, 0.15) is 5.75 Å². The van der Waals surface area contributed by atoms with Crippen LogP contribution in [0.1, 0.15) is 25.0 Å². The molecule has 0 atom stereocenters. The highest BCUT2D eigenvalue weighted by molar-refractivity contribution is 5.49. The van der Waals surface area contributed by atoms with Crippen molar-refractivity contribution in [3.8, 4) is 5.75 Å². The SMILES string of the molecule is CCc1ccc(CC)c(OC=O)c1. The summed E-state index contributed by atoms with van der Waals surface area (Å²) in [6, 6.07) is 6.00. The lowest BCUT2D eigenvalue weighted by molar-refractivity contribution is -0.120. The second kappa shape index (κ2) is 4.65. The molecule has 2 heteroatoms. The Hall–Kier alpha value is -1.31. The number of hydrogen-bond acceptors (Lipinski definition) is 2. The molecule has 0 bridgehead atoms. The molecular weight excluding hydrogens is 164 g/mol. The van der Waals surface area contributed by atoms with Crippen molar-refractivity contribution in [3.05, 3.63) is 29.3 Å². The quantitative estimate of drug-likeness (QED) is 0.661. The molecule has 0 amide bonds. The second-order valence-electron chi connectivity index (χ2n) is 2.86. The molecule has 0 N–H and O–H groups in total. The van der Waals surface area contributed by atoms with Gasteiger partial charge in [0.25, 0.3) is 6.47 Å². The first kappa shape index (κ1) is 9.78. The van der Waals surface area contributed by atoms with E-state index < -0.39 is 0 Å². The van der Waals surface area contributed by atoms with Crippen LogP contribution in [0, 0.1) is 0 Å². The molecule has 1 aromatic rings. The Bertz CT molecular complexity index is 292. The van der Waals surface area contributed by atoms with Gasteiger partial charge in [0.05, 0.1) is 0 Å². The van der Waals surface area contributed by atoms with Crippen LogP contribution in [-0.4, -0.2) is 6.47 Å². The van der Waals surface area contributed by atoms with Crippen LogP contribution < -0.4 is 4.74 Å². The topological polar surface area (TPSA) is 26.3 Å². The normalized spacial score (nSPS) is 9.69. The van der Waals surface area contributed by atoms with E-state index in [9.17, 15) is 4.79 Å². The van der Waals surface area contributed by atoms with Gasteiger partial charge in [-0.15, -0.1) is 0 Å². The fourth-order valence-electron chi connectivity index (χ4n) is 1.27. The monoisotopic (exact) mass is 178 g/mol. The van der Waals surface area contributed by atoms with Crippen LogP contribution in [-0.2, 0) is 17.6 Å². The predicted octanol–water partition coefficient (Wildman–Crippen LogP) is 2.35. The minimum Gasteiger partial charge on any atom is -0.428 e. The molecule has 0 aromatic heterocycles. The maximum absolute atomic E-state index is 10.2. The van der Waals surface area contributed by atoms with Crippen LogP contribution in [0.3, 0.4) is 0 Å². The van der Waals surface area contributed by atoms with Crippen molar-refractivity contribution in [3.63, 3.8) is 0 Å². The maximum Gasteiger partial charge on any atom is 0.298 e. The van der Waals surface area contributed by atoms with Gasteiger partial charge in [0, 0.05) is 0 Å². The fourth-order valence-corrected chi connectivity index (χ4v) is 1.27. The summed E-state index contributed by atoms with van der Waals surface area (Å²) in [4.78, 5) is 10.2. The maximum atomic E-state index is 10.2. The molecule has 0 aliphatic rings. The van der Waals surface area contributed by atoms with Crippen molar-refractivity contribution >= 4 is 6.47 Å². The molecule has 0 spiro atoms. The van der Waals surface area contributed by atoms with Crippen LogP contribution in [0.5, 0.6) is 5.75 Å². The minimum atomic E-state index is 0.480. The number of carbonyl (C=O) groups excluding carboxylic acids is 1. The van der Waals surface area contributed by atoms with Crippen molar-refractivity contribution in [1.82, 2.24) is 0 Å². The smallest absolute Gasteiger partial charge is 0.298 e. The first-order valence-electron chi connectivity index (χ1n) is 4.53. The van der Waals surface area contributed by atoms with Crippen molar-refractivity contribution < 1.29 is 9.53 Å². The molecule has 0 aliphatic carbocycles. The van der Waals surface area contributed by atoms with Gasteiger partial charge in [0.2, 0.25) is 0 Å². The third-order valence-electron chi connectivity index (χ3n) is 2.10. The Morgan fingerprint density at radius 2 is 2.08 bits per heavy atom. The number of ether oxygens (including phenoxy) is 1. The zero-order valence-corrected chi connectivity index (χ0v) is 8.04. The standard InChI is InChI=1S/C11H14O2/c1-3-9-5-6-10(4-2)11(7-9)13-8-12/h5-8H,3-4H2,1-2H3. The Morgan fingerprint density at radius 3 is 2.62 bits per heavy atom. The molecule has 0 heterocycles. The summed E-state index contributed by atoms with van der Waals surface area (Å²) in [5, 5.41) is 0. The second-order valence-corrected chi connectivity index (χ2v) is 2.86. The Balaban J connectivity index is 3.01. The summed E-state index contributed by atoms with van der Waals surface area (Å²) < 4.78 is 4.89. The highest BCUT2D eigenvalue weighted by atomic mass is 16.5. The van der Waals surface area contributed by atoms with E-state index >= 15 is 0 Å². The lowest BCUT2D eigenvalue weighted by Gasteiger charge is -2.06. The summed E-state index contributed by atoms with van der Waals surface area (Å²) in [6.45, 7) is 4.60. The number of carbonyl (C=O) groups is 1. The van der Waals surface area contributed by atoms with Gasteiger partial charge in [-0.2, -0.15) is 0 Å². The molecule has 0 saturated heterocycles. The van der Waals surface area contributed by atoms with E-state index in [1.807, 2.05) is 19.1 Å². The molecule has 1 aromatic carbocycles. The van der Waals surface area contributed by atoms with Crippen LogP contribution >= 0.6 is 0 Å². The van der Waals surface area contributed by atoms with Crippen molar-refractivity contribution in [1.29, 1.82) is 0 Å². The minimum absolute atomic E-state index is 0.480. The van der Waals surface area contributed by atoms with E-state index in [2.05, 4.69) is 13.0 Å². The number of rotatable bonds is 4. The zero-order valence-electron chi connectivity index (χ0n) is 8.04. The zero-order chi connectivity index (χ0) is 9.68. The number of benzene rings is 1. The molecular formula is C11H14O2. The van der Waals surface area contributed by atoms with Gasteiger partial charge in [0.15, 0.2) is 0 Å². The van der Waals surface area contributed by atoms with Crippen LogP contribution in [0.15, 0.2) is 18.2 Å². The highest BCUT2D eigenvalue weighted by Crippen LogP contribution is 2.20. The Kier molecular flexibility index (Phi) is 3.50. The molecule has 0 fully saturated rings. The van der Waals surface area contributed by atoms with Crippen molar-refractivity contribution in [2.75, 3.05) is 0 Å². The summed E-state index contributed by atoms with van der Waals surface area (Å²) in [5.41, 5.74) is 2.26. The van der Waals surface area contributed by atoms with Gasteiger partial charge in [-0.05, 0) is 30.0 Å². The summed E-state index contributed by atoms with van der Waals surface area (Å²) in [7, 11) is 0. The average molecular weight is 178 g/mol. The molecule has 0 unspecified atom stereocenters.